The zero-order chi connectivity index (χ0) is 14.4. The van der Waals surface area contributed by atoms with Crippen molar-refractivity contribution >= 4 is 0 Å². The first-order valence-electron chi connectivity index (χ1n) is 8.66. The third kappa shape index (κ3) is 4.44. The Morgan fingerprint density at radius 1 is 1.40 bits per heavy atom. The van der Waals surface area contributed by atoms with E-state index < -0.39 is 0 Å². The van der Waals surface area contributed by atoms with Crippen LogP contribution in [0.2, 0.25) is 0 Å². The fourth-order valence-corrected chi connectivity index (χ4v) is 3.79. The van der Waals surface area contributed by atoms with Crippen LogP contribution >= 0.6 is 0 Å². The predicted molar refractivity (Wildman–Crippen MR) is 85.0 cm³/mol. The van der Waals surface area contributed by atoms with Gasteiger partial charge in [-0.05, 0) is 50.6 Å². The number of ether oxygens (including phenoxy) is 1. The van der Waals surface area contributed by atoms with Crippen molar-refractivity contribution in [1.29, 1.82) is 0 Å². The molecule has 20 heavy (non-hydrogen) atoms. The van der Waals surface area contributed by atoms with E-state index in [0.717, 1.165) is 38.1 Å². The Labute approximate surface area is 125 Å². The molecule has 0 amide bonds. The Kier molecular flexibility index (Phi) is 6.31. The van der Waals surface area contributed by atoms with Gasteiger partial charge in [-0.25, -0.2) is 0 Å². The molecule has 2 atom stereocenters. The van der Waals surface area contributed by atoms with Crippen LogP contribution in [0, 0.1) is 17.3 Å². The van der Waals surface area contributed by atoms with Gasteiger partial charge in [0.15, 0.2) is 0 Å². The molecular weight excluding hydrogens is 248 g/mol. The molecule has 0 aromatic heterocycles. The van der Waals surface area contributed by atoms with Crippen LogP contribution in [0.3, 0.4) is 0 Å². The summed E-state index contributed by atoms with van der Waals surface area (Å²) in [7, 11) is 0. The topological polar surface area (TPSA) is 24.5 Å². The van der Waals surface area contributed by atoms with E-state index in [0.29, 0.717) is 5.41 Å². The van der Waals surface area contributed by atoms with Crippen molar-refractivity contribution in [2.75, 3.05) is 45.9 Å². The number of nitrogens with one attached hydrogen (secondary N) is 1. The first-order valence-corrected chi connectivity index (χ1v) is 8.66. The molecule has 118 valence electrons. The van der Waals surface area contributed by atoms with Crippen LogP contribution in [-0.4, -0.2) is 50.8 Å². The maximum absolute atomic E-state index is 5.83. The van der Waals surface area contributed by atoms with Crippen LogP contribution in [0.25, 0.3) is 0 Å². The number of hydrogen-bond acceptors (Lipinski definition) is 3. The average molecular weight is 282 g/mol. The van der Waals surface area contributed by atoms with E-state index in [1.165, 1.54) is 45.3 Å². The van der Waals surface area contributed by atoms with Gasteiger partial charge in [-0.15, -0.1) is 0 Å². The second-order valence-electron chi connectivity index (χ2n) is 7.36. The van der Waals surface area contributed by atoms with E-state index in [2.05, 4.69) is 31.0 Å². The number of hydrogen-bond donors (Lipinski definition) is 1. The van der Waals surface area contributed by atoms with Gasteiger partial charge >= 0.3 is 0 Å². The summed E-state index contributed by atoms with van der Waals surface area (Å²) in [5.41, 5.74) is 0.360. The van der Waals surface area contributed by atoms with Gasteiger partial charge in [0, 0.05) is 31.7 Å². The van der Waals surface area contributed by atoms with Crippen LogP contribution in [0.5, 0.6) is 0 Å². The normalized spacial score (nSPS) is 32.1. The minimum Gasteiger partial charge on any atom is -0.381 e. The van der Waals surface area contributed by atoms with Crippen molar-refractivity contribution in [1.82, 2.24) is 10.2 Å². The fraction of sp³-hybridized carbons (Fsp3) is 1.00. The molecule has 0 radical (unpaired) electrons. The monoisotopic (exact) mass is 282 g/mol. The molecule has 2 fully saturated rings. The van der Waals surface area contributed by atoms with Crippen LogP contribution in [0.4, 0.5) is 0 Å². The lowest BCUT2D eigenvalue weighted by molar-refractivity contribution is -0.0236. The van der Waals surface area contributed by atoms with E-state index in [-0.39, 0.29) is 0 Å². The second kappa shape index (κ2) is 7.77. The van der Waals surface area contributed by atoms with Crippen LogP contribution < -0.4 is 5.32 Å². The molecule has 0 aromatic rings. The van der Waals surface area contributed by atoms with Gasteiger partial charge in [0.05, 0.1) is 6.61 Å². The molecule has 2 unspecified atom stereocenters. The number of nitrogens with zero attached hydrogens (tertiary/aromatic N) is 1. The molecule has 2 rings (SSSR count). The molecule has 0 spiro atoms. The average Bonchev–Trinajstić information content (AvgIpc) is 2.88. The third-order valence-electron chi connectivity index (χ3n) is 5.14. The SMILES string of the molecule is CCCNCC1(CN2CCC(C(C)C)C2)CCCOC1. The van der Waals surface area contributed by atoms with Crippen LogP contribution in [0.15, 0.2) is 0 Å². The molecule has 0 saturated carbocycles. The highest BCUT2D eigenvalue weighted by atomic mass is 16.5. The summed E-state index contributed by atoms with van der Waals surface area (Å²) in [4.78, 5) is 2.70. The molecular formula is C17H34N2O. The molecule has 2 heterocycles. The van der Waals surface area contributed by atoms with Gasteiger partial charge in [0.2, 0.25) is 0 Å². The molecule has 2 saturated heterocycles. The molecule has 1 N–H and O–H groups in total. The maximum Gasteiger partial charge on any atom is 0.0546 e. The van der Waals surface area contributed by atoms with Gasteiger partial charge in [-0.1, -0.05) is 20.8 Å². The summed E-state index contributed by atoms with van der Waals surface area (Å²) in [5, 5.41) is 3.65. The summed E-state index contributed by atoms with van der Waals surface area (Å²) >= 11 is 0. The Bertz CT molecular complexity index is 274. The molecule has 2 aliphatic heterocycles. The molecule has 3 nitrogen and oxygen atoms in total. The van der Waals surface area contributed by atoms with E-state index >= 15 is 0 Å². The molecule has 0 bridgehead atoms. The summed E-state index contributed by atoms with van der Waals surface area (Å²) in [6, 6.07) is 0. The number of rotatable bonds is 7. The van der Waals surface area contributed by atoms with Crippen molar-refractivity contribution in [3.63, 3.8) is 0 Å². The Hall–Kier alpha value is -0.120. The lowest BCUT2D eigenvalue weighted by Gasteiger charge is -2.40. The summed E-state index contributed by atoms with van der Waals surface area (Å²) in [6.07, 6.45) is 5.16. The van der Waals surface area contributed by atoms with Gasteiger partial charge < -0.3 is 15.0 Å². The van der Waals surface area contributed by atoms with Gasteiger partial charge in [-0.3, -0.25) is 0 Å². The van der Waals surface area contributed by atoms with E-state index in [9.17, 15) is 0 Å². The van der Waals surface area contributed by atoms with Crippen LogP contribution in [-0.2, 0) is 4.74 Å². The Morgan fingerprint density at radius 3 is 2.85 bits per heavy atom. The molecule has 3 heteroatoms. The Balaban J connectivity index is 1.87. The predicted octanol–water partition coefficient (Wildman–Crippen LogP) is 2.76. The highest BCUT2D eigenvalue weighted by Crippen LogP contribution is 2.32. The van der Waals surface area contributed by atoms with E-state index in [4.69, 9.17) is 4.74 Å². The standard InChI is InChI=1S/C17H34N2O/c1-4-8-18-12-17(7-5-10-20-14-17)13-19-9-6-16(11-19)15(2)3/h15-16,18H,4-14H2,1-3H3. The first kappa shape index (κ1) is 16.3. The lowest BCUT2D eigenvalue weighted by atomic mass is 9.81. The second-order valence-corrected chi connectivity index (χ2v) is 7.36. The van der Waals surface area contributed by atoms with Crippen molar-refractivity contribution in [3.8, 4) is 0 Å². The smallest absolute Gasteiger partial charge is 0.0546 e. The molecule has 0 aliphatic carbocycles. The van der Waals surface area contributed by atoms with Crippen molar-refractivity contribution in [3.05, 3.63) is 0 Å². The lowest BCUT2D eigenvalue weighted by Crippen LogP contribution is -2.48. The van der Waals surface area contributed by atoms with E-state index in [1.807, 2.05) is 0 Å². The minimum atomic E-state index is 0.360. The Morgan fingerprint density at radius 2 is 2.25 bits per heavy atom. The summed E-state index contributed by atoms with van der Waals surface area (Å²) < 4.78 is 5.83. The van der Waals surface area contributed by atoms with Crippen LogP contribution in [0.1, 0.15) is 46.5 Å². The number of likely N-dealkylation sites (tertiary alicyclic amines) is 1. The fourth-order valence-electron chi connectivity index (χ4n) is 3.79. The van der Waals surface area contributed by atoms with Crippen molar-refractivity contribution in [2.24, 2.45) is 17.3 Å². The van der Waals surface area contributed by atoms with E-state index in [1.54, 1.807) is 0 Å². The zero-order valence-corrected chi connectivity index (χ0v) is 13.8. The maximum atomic E-state index is 5.83. The molecule has 0 aromatic carbocycles. The van der Waals surface area contributed by atoms with Gasteiger partial charge in [0.1, 0.15) is 0 Å². The summed E-state index contributed by atoms with van der Waals surface area (Å²) in [5.74, 6) is 1.73. The highest BCUT2D eigenvalue weighted by Gasteiger charge is 2.36. The van der Waals surface area contributed by atoms with Crippen molar-refractivity contribution in [2.45, 2.75) is 46.5 Å². The summed E-state index contributed by atoms with van der Waals surface area (Å²) in [6.45, 7) is 15.0. The largest absolute Gasteiger partial charge is 0.381 e. The van der Waals surface area contributed by atoms with Gasteiger partial charge in [0.25, 0.3) is 0 Å². The molecule has 2 aliphatic rings. The quantitative estimate of drug-likeness (QED) is 0.727. The van der Waals surface area contributed by atoms with Crippen molar-refractivity contribution < 1.29 is 4.74 Å². The highest BCUT2D eigenvalue weighted by molar-refractivity contribution is 4.90. The minimum absolute atomic E-state index is 0.360. The first-order chi connectivity index (χ1) is 9.65. The van der Waals surface area contributed by atoms with Gasteiger partial charge in [-0.2, -0.15) is 0 Å². The third-order valence-corrected chi connectivity index (χ3v) is 5.14. The zero-order valence-electron chi connectivity index (χ0n) is 13.8.